The van der Waals surface area contributed by atoms with Crippen LogP contribution < -0.4 is 10.6 Å². The first-order valence-corrected chi connectivity index (χ1v) is 12.0. The van der Waals surface area contributed by atoms with Crippen LogP contribution in [0.3, 0.4) is 0 Å². The van der Waals surface area contributed by atoms with Crippen LogP contribution in [0, 0.1) is 13.8 Å². The van der Waals surface area contributed by atoms with Crippen molar-refractivity contribution in [3.63, 3.8) is 0 Å². The zero-order chi connectivity index (χ0) is 24.2. The highest BCUT2D eigenvalue weighted by molar-refractivity contribution is 7.14. The molecular formula is C25H24ClN5O2S. The molecule has 0 fully saturated rings. The first kappa shape index (κ1) is 23.7. The number of hydrogen-bond acceptors (Lipinski definition) is 5. The third kappa shape index (κ3) is 5.35. The maximum atomic E-state index is 12.7. The lowest BCUT2D eigenvalue weighted by Crippen LogP contribution is -2.22. The van der Waals surface area contributed by atoms with Gasteiger partial charge in [0.25, 0.3) is 5.91 Å². The first-order chi connectivity index (χ1) is 16.3. The second-order valence-corrected chi connectivity index (χ2v) is 9.10. The van der Waals surface area contributed by atoms with Crippen molar-refractivity contribution in [2.45, 2.75) is 27.2 Å². The van der Waals surface area contributed by atoms with Gasteiger partial charge in [0.1, 0.15) is 0 Å². The van der Waals surface area contributed by atoms with Crippen molar-refractivity contribution in [1.29, 1.82) is 0 Å². The summed E-state index contributed by atoms with van der Waals surface area (Å²) in [4.78, 5) is 28.2. The highest BCUT2D eigenvalue weighted by Gasteiger charge is 2.13. The summed E-state index contributed by atoms with van der Waals surface area (Å²) in [5.74, 6) is -0.259. The molecule has 4 rings (SSSR count). The molecule has 0 unspecified atom stereocenters. The Labute approximate surface area is 206 Å². The van der Waals surface area contributed by atoms with Gasteiger partial charge < -0.3 is 5.32 Å². The molecule has 7 nitrogen and oxygen atoms in total. The van der Waals surface area contributed by atoms with Gasteiger partial charge in [-0.25, -0.2) is 9.67 Å². The van der Waals surface area contributed by atoms with Gasteiger partial charge in [0.2, 0.25) is 5.91 Å². The summed E-state index contributed by atoms with van der Waals surface area (Å²) in [5, 5.41) is 13.2. The molecule has 4 aromatic rings. The van der Waals surface area contributed by atoms with Crippen molar-refractivity contribution < 1.29 is 9.59 Å². The number of nitrogens with zero attached hydrogens (tertiary/aromatic N) is 3. The number of carbonyl (C=O) groups excluding carboxylic acids is 2. The number of anilines is 1. The van der Waals surface area contributed by atoms with Gasteiger partial charge in [0, 0.05) is 30.0 Å². The number of rotatable bonds is 7. The molecule has 2 heterocycles. The number of thiazole rings is 1. The number of aromatic nitrogens is 3. The zero-order valence-corrected chi connectivity index (χ0v) is 20.6. The Balaban J connectivity index is 1.39. The van der Waals surface area contributed by atoms with Crippen LogP contribution in [0.25, 0.3) is 16.9 Å². The summed E-state index contributed by atoms with van der Waals surface area (Å²) < 4.78 is 1.76. The van der Waals surface area contributed by atoms with E-state index in [-0.39, 0.29) is 11.8 Å². The van der Waals surface area contributed by atoms with Crippen LogP contribution in [0.5, 0.6) is 0 Å². The fourth-order valence-corrected chi connectivity index (χ4v) is 4.32. The molecule has 34 heavy (non-hydrogen) atoms. The van der Waals surface area contributed by atoms with Crippen LogP contribution in [-0.4, -0.2) is 33.1 Å². The Kier molecular flexibility index (Phi) is 7.09. The van der Waals surface area contributed by atoms with Gasteiger partial charge in [0.15, 0.2) is 5.13 Å². The monoisotopic (exact) mass is 493 g/mol. The van der Waals surface area contributed by atoms with Crippen molar-refractivity contribution in [3.05, 3.63) is 81.4 Å². The third-order valence-corrected chi connectivity index (χ3v) is 6.64. The fourth-order valence-electron chi connectivity index (χ4n) is 3.49. The van der Waals surface area contributed by atoms with Crippen LogP contribution in [0.2, 0.25) is 5.02 Å². The van der Waals surface area contributed by atoms with E-state index in [0.717, 1.165) is 40.3 Å². The molecule has 2 aromatic heterocycles. The number of halogens is 1. The van der Waals surface area contributed by atoms with Crippen LogP contribution in [-0.2, 0) is 11.2 Å². The maximum absolute atomic E-state index is 12.7. The molecule has 174 valence electrons. The molecule has 0 saturated carbocycles. The molecule has 0 aliphatic heterocycles. The van der Waals surface area contributed by atoms with E-state index < -0.39 is 0 Å². The zero-order valence-electron chi connectivity index (χ0n) is 19.1. The van der Waals surface area contributed by atoms with Crippen molar-refractivity contribution in [2.75, 3.05) is 11.9 Å². The molecule has 2 N–H and O–H groups in total. The van der Waals surface area contributed by atoms with Crippen molar-refractivity contribution in [1.82, 2.24) is 20.1 Å². The van der Waals surface area contributed by atoms with Crippen molar-refractivity contribution in [3.8, 4) is 16.9 Å². The molecule has 0 aliphatic carbocycles. The third-order valence-electron chi connectivity index (χ3n) is 5.34. The van der Waals surface area contributed by atoms with Crippen molar-refractivity contribution >= 4 is 39.9 Å². The number of aryl methyl sites for hydroxylation is 1. The van der Waals surface area contributed by atoms with E-state index >= 15 is 0 Å². The van der Waals surface area contributed by atoms with Crippen LogP contribution in [0.1, 0.15) is 34.2 Å². The Morgan fingerprint density at radius 2 is 1.76 bits per heavy atom. The van der Waals surface area contributed by atoms with Crippen molar-refractivity contribution in [2.24, 2.45) is 0 Å². The molecule has 0 atom stereocenters. The average molecular weight is 494 g/mol. The highest BCUT2D eigenvalue weighted by Crippen LogP contribution is 2.26. The van der Waals surface area contributed by atoms with Gasteiger partial charge in [-0.05, 0) is 50.1 Å². The molecule has 2 amide bonds. The fraction of sp³-hybridized carbons (Fsp3) is 0.200. The lowest BCUT2D eigenvalue weighted by atomic mass is 10.1. The molecule has 0 spiro atoms. The summed E-state index contributed by atoms with van der Waals surface area (Å²) in [5.41, 5.74) is 5.87. The molecule has 0 radical (unpaired) electrons. The summed E-state index contributed by atoms with van der Waals surface area (Å²) >= 11 is 7.61. The van der Waals surface area contributed by atoms with Crippen LogP contribution in [0.15, 0.2) is 53.9 Å². The lowest BCUT2D eigenvalue weighted by molar-refractivity contribution is -0.118. The van der Waals surface area contributed by atoms with E-state index in [0.29, 0.717) is 22.3 Å². The van der Waals surface area contributed by atoms with Gasteiger partial charge in [-0.1, -0.05) is 35.9 Å². The van der Waals surface area contributed by atoms with Gasteiger partial charge in [-0.2, -0.15) is 5.10 Å². The quantitative estimate of drug-likeness (QED) is 0.370. The SMILES string of the molecule is CC(=O)NCCc1ccc(-c2csc(NC(=O)c3ccc(-n4nc(C)c(Cl)c4C)cc3)n2)cc1. The van der Waals surface area contributed by atoms with Gasteiger partial charge in [0.05, 0.1) is 27.8 Å². The molecule has 2 aromatic carbocycles. The predicted octanol–water partition coefficient (Wildman–Crippen LogP) is 5.20. The Morgan fingerprint density at radius 1 is 1.06 bits per heavy atom. The van der Waals surface area contributed by atoms with Gasteiger partial charge in [-0.3, -0.25) is 14.9 Å². The van der Waals surface area contributed by atoms with Gasteiger partial charge >= 0.3 is 0 Å². The second kappa shape index (κ2) is 10.2. The minimum absolute atomic E-state index is 0.0300. The second-order valence-electron chi connectivity index (χ2n) is 7.87. The smallest absolute Gasteiger partial charge is 0.257 e. The molecule has 9 heteroatoms. The highest BCUT2D eigenvalue weighted by atomic mass is 35.5. The van der Waals surface area contributed by atoms with E-state index in [2.05, 4.69) is 20.7 Å². The number of benzene rings is 2. The Morgan fingerprint density at radius 3 is 2.38 bits per heavy atom. The summed E-state index contributed by atoms with van der Waals surface area (Å²) in [6, 6.07) is 15.2. The van der Waals surface area contributed by atoms with E-state index in [1.165, 1.54) is 18.3 Å². The topological polar surface area (TPSA) is 88.9 Å². The van der Waals surface area contributed by atoms with Crippen LogP contribution >= 0.6 is 22.9 Å². The minimum atomic E-state index is -0.229. The predicted molar refractivity (Wildman–Crippen MR) is 136 cm³/mol. The normalized spacial score (nSPS) is 10.8. The number of amides is 2. The Hall–Kier alpha value is -3.49. The summed E-state index contributed by atoms with van der Waals surface area (Å²) in [6.45, 7) is 5.88. The van der Waals surface area contributed by atoms with E-state index in [9.17, 15) is 9.59 Å². The van der Waals surface area contributed by atoms with E-state index in [1.54, 1.807) is 16.8 Å². The summed E-state index contributed by atoms with van der Waals surface area (Å²) in [7, 11) is 0. The molecule has 0 saturated heterocycles. The largest absolute Gasteiger partial charge is 0.356 e. The number of nitrogens with one attached hydrogen (secondary N) is 2. The lowest BCUT2D eigenvalue weighted by Gasteiger charge is -2.06. The standard InChI is InChI=1S/C25H24ClN5O2S/c1-15-23(26)16(2)31(30-15)21-10-8-20(9-11-21)24(33)29-25-28-22(14-34-25)19-6-4-18(5-7-19)12-13-27-17(3)32/h4-11,14H,12-13H2,1-3H3,(H,27,32)(H,28,29,33). The van der Waals surface area contributed by atoms with E-state index in [4.69, 9.17) is 11.6 Å². The van der Waals surface area contributed by atoms with Crippen LogP contribution in [0.4, 0.5) is 5.13 Å². The first-order valence-electron chi connectivity index (χ1n) is 10.7. The molecule has 0 bridgehead atoms. The number of hydrogen-bond donors (Lipinski definition) is 2. The van der Waals surface area contributed by atoms with Gasteiger partial charge in [-0.15, -0.1) is 11.3 Å². The molecular weight excluding hydrogens is 470 g/mol. The minimum Gasteiger partial charge on any atom is -0.356 e. The summed E-state index contributed by atoms with van der Waals surface area (Å²) in [6.07, 6.45) is 0.767. The average Bonchev–Trinajstić information content (AvgIpc) is 3.39. The molecule has 0 aliphatic rings. The number of carbonyl (C=O) groups is 2. The maximum Gasteiger partial charge on any atom is 0.257 e. The van der Waals surface area contributed by atoms with E-state index in [1.807, 2.05) is 55.6 Å². The Bertz CT molecular complexity index is 1330.